The quantitative estimate of drug-likeness (QED) is 0.762. The molecule has 4 rings (SSSR count). The van der Waals surface area contributed by atoms with Crippen molar-refractivity contribution in [2.24, 2.45) is 5.92 Å². The molecule has 0 N–H and O–H groups in total. The van der Waals surface area contributed by atoms with Crippen LogP contribution in [0.15, 0.2) is 39.5 Å². The van der Waals surface area contributed by atoms with Crippen LogP contribution in [-0.2, 0) is 4.79 Å². The average Bonchev–Trinajstić information content (AvgIpc) is 3.26. The number of likely N-dealkylation sites (tertiary alicyclic amines) is 2. The third-order valence-corrected chi connectivity index (χ3v) is 5.90. The molecule has 2 saturated heterocycles. The van der Waals surface area contributed by atoms with Crippen molar-refractivity contribution in [2.75, 3.05) is 26.2 Å². The second-order valence-corrected chi connectivity index (χ2v) is 7.87. The smallest absolute Gasteiger partial charge is 0.349 e. The van der Waals surface area contributed by atoms with E-state index in [9.17, 15) is 14.4 Å². The molecule has 28 heavy (non-hydrogen) atoms. The van der Waals surface area contributed by atoms with Gasteiger partial charge < -0.3 is 14.2 Å². The molecule has 2 aliphatic rings. The largest absolute Gasteiger partial charge is 0.422 e. The lowest BCUT2D eigenvalue weighted by atomic mass is 9.92. The molecule has 0 unspecified atom stereocenters. The van der Waals surface area contributed by atoms with Crippen LogP contribution in [0, 0.1) is 5.92 Å². The van der Waals surface area contributed by atoms with Gasteiger partial charge in [-0.15, -0.1) is 0 Å². The lowest BCUT2D eigenvalue weighted by Gasteiger charge is -2.32. The first-order chi connectivity index (χ1) is 13.6. The summed E-state index contributed by atoms with van der Waals surface area (Å²) >= 11 is 0. The van der Waals surface area contributed by atoms with Crippen LogP contribution >= 0.6 is 0 Å². The SMILES string of the molecule is O=C(CC[C@H]1CCCN(C(=O)c2cc3ccccc3oc2=O)C1)N1CCCC1. The maximum atomic E-state index is 12.9. The van der Waals surface area contributed by atoms with Gasteiger partial charge in [-0.1, -0.05) is 18.2 Å². The van der Waals surface area contributed by atoms with Crippen molar-refractivity contribution in [2.45, 2.75) is 38.5 Å². The highest BCUT2D eigenvalue weighted by Crippen LogP contribution is 2.24. The lowest BCUT2D eigenvalue weighted by Crippen LogP contribution is -2.41. The number of nitrogens with zero attached hydrogens (tertiary/aromatic N) is 2. The van der Waals surface area contributed by atoms with E-state index in [0.29, 0.717) is 31.0 Å². The zero-order valence-corrected chi connectivity index (χ0v) is 16.1. The number of carbonyl (C=O) groups is 2. The normalized spacial score (nSPS) is 19.9. The highest BCUT2D eigenvalue weighted by atomic mass is 16.4. The summed E-state index contributed by atoms with van der Waals surface area (Å²) in [5.74, 6) is 0.267. The standard InChI is InChI=1S/C22H26N2O4/c25-20(23-11-3-4-12-23)10-9-16-6-5-13-24(15-16)21(26)18-14-17-7-1-2-8-19(17)28-22(18)27/h1-2,7-8,14,16H,3-6,9-13,15H2/t16-/m1/s1. The Kier molecular flexibility index (Phi) is 5.46. The fourth-order valence-corrected chi connectivity index (χ4v) is 4.32. The highest BCUT2D eigenvalue weighted by molar-refractivity contribution is 5.96. The molecule has 2 aromatic rings. The number of para-hydroxylation sites is 1. The van der Waals surface area contributed by atoms with Gasteiger partial charge in [0, 0.05) is 38.0 Å². The maximum absolute atomic E-state index is 12.9. The van der Waals surface area contributed by atoms with Gasteiger partial charge in [-0.25, -0.2) is 4.79 Å². The van der Waals surface area contributed by atoms with Crippen LogP contribution in [0.3, 0.4) is 0 Å². The van der Waals surface area contributed by atoms with Crippen molar-refractivity contribution in [3.63, 3.8) is 0 Å². The molecule has 3 heterocycles. The van der Waals surface area contributed by atoms with Crippen molar-refractivity contribution in [3.8, 4) is 0 Å². The first-order valence-corrected chi connectivity index (χ1v) is 10.2. The summed E-state index contributed by atoms with van der Waals surface area (Å²) in [6, 6.07) is 8.83. The monoisotopic (exact) mass is 382 g/mol. The second kappa shape index (κ2) is 8.17. The topological polar surface area (TPSA) is 70.8 Å². The third-order valence-electron chi connectivity index (χ3n) is 5.90. The van der Waals surface area contributed by atoms with E-state index < -0.39 is 5.63 Å². The van der Waals surface area contributed by atoms with Crippen molar-refractivity contribution in [1.82, 2.24) is 9.80 Å². The molecule has 0 bridgehead atoms. The lowest BCUT2D eigenvalue weighted by molar-refractivity contribution is -0.130. The molecule has 2 fully saturated rings. The van der Waals surface area contributed by atoms with Crippen LogP contribution in [0.5, 0.6) is 0 Å². The summed E-state index contributed by atoms with van der Waals surface area (Å²) in [6.45, 7) is 3.00. The third kappa shape index (κ3) is 3.96. The predicted molar refractivity (Wildman–Crippen MR) is 106 cm³/mol. The van der Waals surface area contributed by atoms with E-state index in [-0.39, 0.29) is 17.4 Å². The van der Waals surface area contributed by atoms with Gasteiger partial charge >= 0.3 is 5.63 Å². The van der Waals surface area contributed by atoms with E-state index in [2.05, 4.69) is 0 Å². The molecule has 1 atom stereocenters. The first kappa shape index (κ1) is 18.7. The van der Waals surface area contributed by atoms with Gasteiger partial charge in [0.15, 0.2) is 0 Å². The Bertz CT molecular complexity index is 930. The fraction of sp³-hybridized carbons (Fsp3) is 0.500. The van der Waals surface area contributed by atoms with Gasteiger partial charge in [0.1, 0.15) is 11.1 Å². The highest BCUT2D eigenvalue weighted by Gasteiger charge is 2.28. The average molecular weight is 382 g/mol. The van der Waals surface area contributed by atoms with E-state index in [1.807, 2.05) is 17.0 Å². The Hall–Kier alpha value is -2.63. The predicted octanol–water partition coefficient (Wildman–Crippen LogP) is 3.05. The van der Waals surface area contributed by atoms with Crippen LogP contribution in [-0.4, -0.2) is 47.8 Å². The number of fused-ring (bicyclic) bond motifs is 1. The molecule has 0 aliphatic carbocycles. The maximum Gasteiger partial charge on any atom is 0.349 e. The zero-order chi connectivity index (χ0) is 19.5. The summed E-state index contributed by atoms with van der Waals surface area (Å²) in [4.78, 5) is 41.2. The number of amides is 2. The molecule has 148 valence electrons. The van der Waals surface area contributed by atoms with Crippen molar-refractivity contribution in [3.05, 3.63) is 46.3 Å². The molecular weight excluding hydrogens is 356 g/mol. The first-order valence-electron chi connectivity index (χ1n) is 10.2. The number of benzene rings is 1. The van der Waals surface area contributed by atoms with E-state index in [4.69, 9.17) is 4.42 Å². The van der Waals surface area contributed by atoms with E-state index in [1.165, 1.54) is 0 Å². The summed E-state index contributed by atoms with van der Waals surface area (Å²) in [5.41, 5.74) is -0.0106. The summed E-state index contributed by atoms with van der Waals surface area (Å²) < 4.78 is 5.31. The number of hydrogen-bond donors (Lipinski definition) is 0. The molecule has 0 saturated carbocycles. The molecule has 6 nitrogen and oxygen atoms in total. The molecule has 0 spiro atoms. The minimum Gasteiger partial charge on any atom is -0.422 e. The summed E-state index contributed by atoms with van der Waals surface area (Å²) in [5, 5.41) is 0.746. The van der Waals surface area contributed by atoms with Crippen LogP contribution in [0.2, 0.25) is 0 Å². The number of piperidine rings is 1. The summed E-state index contributed by atoms with van der Waals surface area (Å²) in [6.07, 6.45) is 5.46. The van der Waals surface area contributed by atoms with Crippen LogP contribution in [0.1, 0.15) is 48.9 Å². The summed E-state index contributed by atoms with van der Waals surface area (Å²) in [7, 11) is 0. The van der Waals surface area contributed by atoms with Gasteiger partial charge in [0.05, 0.1) is 0 Å². The minimum atomic E-state index is -0.588. The van der Waals surface area contributed by atoms with Crippen molar-refractivity contribution < 1.29 is 14.0 Å². The Morgan fingerprint density at radius 2 is 1.79 bits per heavy atom. The Morgan fingerprint density at radius 3 is 2.61 bits per heavy atom. The Labute approximate surface area is 164 Å². The van der Waals surface area contributed by atoms with Gasteiger partial charge in [0.25, 0.3) is 5.91 Å². The van der Waals surface area contributed by atoms with Crippen molar-refractivity contribution >= 4 is 22.8 Å². The minimum absolute atomic E-state index is 0.0903. The Balaban J connectivity index is 1.41. The number of rotatable bonds is 4. The zero-order valence-electron chi connectivity index (χ0n) is 16.1. The second-order valence-electron chi connectivity index (χ2n) is 7.87. The van der Waals surface area contributed by atoms with E-state index in [1.54, 1.807) is 23.1 Å². The van der Waals surface area contributed by atoms with E-state index in [0.717, 1.165) is 50.6 Å². The molecular formula is C22H26N2O4. The van der Waals surface area contributed by atoms with Crippen LogP contribution in [0.4, 0.5) is 0 Å². The van der Waals surface area contributed by atoms with E-state index >= 15 is 0 Å². The van der Waals surface area contributed by atoms with Gasteiger partial charge in [-0.2, -0.15) is 0 Å². The molecule has 1 aromatic carbocycles. The number of carbonyl (C=O) groups excluding carboxylic acids is 2. The van der Waals surface area contributed by atoms with Crippen LogP contribution < -0.4 is 5.63 Å². The molecule has 2 amide bonds. The number of hydrogen-bond acceptors (Lipinski definition) is 4. The molecule has 0 radical (unpaired) electrons. The molecule has 6 heteroatoms. The van der Waals surface area contributed by atoms with Gasteiger partial charge in [-0.3, -0.25) is 9.59 Å². The van der Waals surface area contributed by atoms with Crippen molar-refractivity contribution in [1.29, 1.82) is 0 Å². The van der Waals surface area contributed by atoms with Gasteiger partial charge in [-0.05, 0) is 50.2 Å². The Morgan fingerprint density at radius 1 is 1.04 bits per heavy atom. The molecule has 2 aliphatic heterocycles. The fourth-order valence-electron chi connectivity index (χ4n) is 4.32. The molecule has 1 aromatic heterocycles. The van der Waals surface area contributed by atoms with Crippen LogP contribution in [0.25, 0.3) is 11.0 Å². The van der Waals surface area contributed by atoms with Gasteiger partial charge in [0.2, 0.25) is 5.91 Å².